The van der Waals surface area contributed by atoms with Gasteiger partial charge in [-0.1, -0.05) is 44.7 Å². The van der Waals surface area contributed by atoms with E-state index >= 15 is 0 Å². The van der Waals surface area contributed by atoms with E-state index in [1.807, 2.05) is 0 Å². The molecule has 0 radical (unpaired) electrons. The van der Waals surface area contributed by atoms with E-state index in [2.05, 4.69) is 31.2 Å². The largest absolute Gasteiger partial charge is 0.493 e. The van der Waals surface area contributed by atoms with E-state index in [9.17, 15) is 0 Å². The summed E-state index contributed by atoms with van der Waals surface area (Å²) in [5.41, 5.74) is 7.27. The van der Waals surface area contributed by atoms with Crippen molar-refractivity contribution in [2.45, 2.75) is 58.3 Å². The van der Waals surface area contributed by atoms with Crippen molar-refractivity contribution in [3.8, 4) is 5.75 Å². The van der Waals surface area contributed by atoms with Crippen LogP contribution >= 0.6 is 0 Å². The zero-order chi connectivity index (χ0) is 14.3. The van der Waals surface area contributed by atoms with Crippen molar-refractivity contribution in [3.63, 3.8) is 0 Å². The summed E-state index contributed by atoms with van der Waals surface area (Å²) in [4.78, 5) is 0. The monoisotopic (exact) mass is 275 g/mol. The summed E-state index contributed by atoms with van der Waals surface area (Å²) in [6.45, 7) is 3.99. The molecule has 2 N–H and O–H groups in total. The van der Waals surface area contributed by atoms with Crippen molar-refractivity contribution in [3.05, 3.63) is 29.8 Å². The molecule has 0 aromatic heterocycles. The Labute approximate surface area is 123 Å². The van der Waals surface area contributed by atoms with Gasteiger partial charge in [0.05, 0.1) is 6.61 Å². The van der Waals surface area contributed by atoms with Gasteiger partial charge >= 0.3 is 0 Å². The summed E-state index contributed by atoms with van der Waals surface area (Å²) in [6.07, 6.45) is 10.2. The van der Waals surface area contributed by atoms with Crippen LogP contribution < -0.4 is 10.5 Å². The predicted octanol–water partition coefficient (Wildman–Crippen LogP) is 4.32. The van der Waals surface area contributed by atoms with E-state index in [4.69, 9.17) is 10.5 Å². The molecule has 0 heterocycles. The van der Waals surface area contributed by atoms with E-state index < -0.39 is 0 Å². The van der Waals surface area contributed by atoms with E-state index in [1.165, 1.54) is 44.1 Å². The second kappa shape index (κ2) is 7.68. The highest BCUT2D eigenvalue weighted by Crippen LogP contribution is 2.35. The number of nitrogens with two attached hydrogens (primary N) is 1. The van der Waals surface area contributed by atoms with Gasteiger partial charge in [-0.3, -0.25) is 0 Å². The number of rotatable bonds is 6. The Morgan fingerprint density at radius 3 is 2.60 bits per heavy atom. The van der Waals surface area contributed by atoms with Gasteiger partial charge in [-0.15, -0.1) is 0 Å². The van der Waals surface area contributed by atoms with Gasteiger partial charge in [0.15, 0.2) is 0 Å². The lowest BCUT2D eigenvalue weighted by atomic mass is 9.83. The highest BCUT2D eigenvalue weighted by atomic mass is 16.5. The molecule has 0 atom stereocenters. The standard InChI is InChI=1S/C18H29NO/c1-18(11-4-2-3-5-12-18)15-20-17-10-6-8-16(14-17)9-7-13-19/h6,8,10,14H,2-5,7,9,11-13,15,19H2,1H3. The number of aryl methyl sites for hydroxylation is 1. The topological polar surface area (TPSA) is 35.2 Å². The number of hydrogen-bond donors (Lipinski definition) is 1. The summed E-state index contributed by atoms with van der Waals surface area (Å²) in [5, 5.41) is 0. The lowest BCUT2D eigenvalue weighted by Crippen LogP contribution is -2.24. The van der Waals surface area contributed by atoms with Crippen LogP contribution in [0.4, 0.5) is 0 Å². The molecule has 1 fully saturated rings. The maximum atomic E-state index is 6.09. The zero-order valence-corrected chi connectivity index (χ0v) is 12.9. The van der Waals surface area contributed by atoms with Crippen LogP contribution in [0.25, 0.3) is 0 Å². The Balaban J connectivity index is 1.89. The van der Waals surface area contributed by atoms with Crippen LogP contribution in [0.5, 0.6) is 5.75 Å². The fourth-order valence-electron chi connectivity index (χ4n) is 3.08. The summed E-state index contributed by atoms with van der Waals surface area (Å²) in [5.74, 6) is 1.02. The van der Waals surface area contributed by atoms with Crippen LogP contribution in [-0.2, 0) is 6.42 Å². The molecule has 1 aliphatic carbocycles. The van der Waals surface area contributed by atoms with Crippen LogP contribution in [0.15, 0.2) is 24.3 Å². The third-order valence-corrected chi connectivity index (χ3v) is 4.47. The van der Waals surface area contributed by atoms with Crippen LogP contribution in [0.2, 0.25) is 0 Å². The maximum Gasteiger partial charge on any atom is 0.119 e. The van der Waals surface area contributed by atoms with E-state index in [-0.39, 0.29) is 0 Å². The Hall–Kier alpha value is -1.02. The first-order valence-electron chi connectivity index (χ1n) is 8.14. The molecule has 2 rings (SSSR count). The van der Waals surface area contributed by atoms with Crippen molar-refractivity contribution in [1.29, 1.82) is 0 Å². The lowest BCUT2D eigenvalue weighted by Gasteiger charge is -2.28. The highest BCUT2D eigenvalue weighted by molar-refractivity contribution is 5.28. The number of hydrogen-bond acceptors (Lipinski definition) is 2. The van der Waals surface area contributed by atoms with Gasteiger partial charge in [-0.25, -0.2) is 0 Å². The molecule has 1 aromatic rings. The Bertz CT molecular complexity index is 394. The molecular formula is C18H29NO. The van der Waals surface area contributed by atoms with Crippen LogP contribution in [-0.4, -0.2) is 13.2 Å². The fourth-order valence-corrected chi connectivity index (χ4v) is 3.08. The van der Waals surface area contributed by atoms with Gasteiger partial charge < -0.3 is 10.5 Å². The van der Waals surface area contributed by atoms with Gasteiger partial charge in [-0.05, 0) is 49.9 Å². The molecule has 20 heavy (non-hydrogen) atoms. The fraction of sp³-hybridized carbons (Fsp3) is 0.667. The van der Waals surface area contributed by atoms with Gasteiger partial charge in [-0.2, -0.15) is 0 Å². The summed E-state index contributed by atoms with van der Waals surface area (Å²) in [6, 6.07) is 8.51. The molecule has 0 bridgehead atoms. The minimum absolute atomic E-state index is 0.365. The first kappa shape index (κ1) is 15.4. The second-order valence-electron chi connectivity index (χ2n) is 6.55. The third kappa shape index (κ3) is 4.82. The van der Waals surface area contributed by atoms with E-state index in [0.29, 0.717) is 5.41 Å². The SMILES string of the molecule is CC1(COc2cccc(CCCN)c2)CCCCCC1. The first-order chi connectivity index (χ1) is 9.72. The van der Waals surface area contributed by atoms with Crippen LogP contribution in [0.3, 0.4) is 0 Å². The van der Waals surface area contributed by atoms with Gasteiger partial charge in [0.1, 0.15) is 5.75 Å². The third-order valence-electron chi connectivity index (χ3n) is 4.47. The summed E-state index contributed by atoms with van der Waals surface area (Å²) >= 11 is 0. The molecule has 2 nitrogen and oxygen atoms in total. The van der Waals surface area contributed by atoms with Crippen molar-refractivity contribution < 1.29 is 4.74 Å². The molecule has 1 aromatic carbocycles. The average Bonchev–Trinajstić information content (AvgIpc) is 2.69. The number of benzene rings is 1. The Morgan fingerprint density at radius 1 is 1.15 bits per heavy atom. The van der Waals surface area contributed by atoms with Crippen molar-refractivity contribution in [2.24, 2.45) is 11.1 Å². The van der Waals surface area contributed by atoms with Crippen molar-refractivity contribution in [1.82, 2.24) is 0 Å². The zero-order valence-electron chi connectivity index (χ0n) is 12.9. The second-order valence-corrected chi connectivity index (χ2v) is 6.55. The average molecular weight is 275 g/mol. The minimum atomic E-state index is 0.365. The van der Waals surface area contributed by atoms with Crippen LogP contribution in [0, 0.1) is 5.41 Å². The van der Waals surface area contributed by atoms with Gasteiger partial charge in [0.25, 0.3) is 0 Å². The van der Waals surface area contributed by atoms with E-state index in [1.54, 1.807) is 0 Å². The smallest absolute Gasteiger partial charge is 0.119 e. The quantitative estimate of drug-likeness (QED) is 0.785. The molecule has 0 spiro atoms. The van der Waals surface area contributed by atoms with Crippen LogP contribution in [0.1, 0.15) is 57.4 Å². The maximum absolute atomic E-state index is 6.09. The van der Waals surface area contributed by atoms with Gasteiger partial charge in [0.2, 0.25) is 0 Å². The summed E-state index contributed by atoms with van der Waals surface area (Å²) in [7, 11) is 0. The normalized spacial score (nSPS) is 18.5. The lowest BCUT2D eigenvalue weighted by molar-refractivity contribution is 0.143. The first-order valence-corrected chi connectivity index (χ1v) is 8.14. The van der Waals surface area contributed by atoms with Crippen molar-refractivity contribution >= 4 is 0 Å². The molecule has 2 heteroatoms. The summed E-state index contributed by atoms with van der Waals surface area (Å²) < 4.78 is 6.09. The number of ether oxygens (including phenoxy) is 1. The Morgan fingerprint density at radius 2 is 1.90 bits per heavy atom. The van der Waals surface area contributed by atoms with E-state index in [0.717, 1.165) is 31.7 Å². The Kier molecular flexibility index (Phi) is 5.90. The molecule has 112 valence electrons. The minimum Gasteiger partial charge on any atom is -0.493 e. The molecule has 0 aliphatic heterocycles. The molecule has 0 unspecified atom stereocenters. The molecular weight excluding hydrogens is 246 g/mol. The molecule has 1 saturated carbocycles. The molecule has 0 amide bonds. The van der Waals surface area contributed by atoms with Gasteiger partial charge in [0, 0.05) is 5.41 Å². The highest BCUT2D eigenvalue weighted by Gasteiger charge is 2.26. The molecule has 0 saturated heterocycles. The molecule has 1 aliphatic rings. The predicted molar refractivity (Wildman–Crippen MR) is 85.1 cm³/mol. The van der Waals surface area contributed by atoms with Crippen molar-refractivity contribution in [2.75, 3.05) is 13.2 Å².